The van der Waals surface area contributed by atoms with Gasteiger partial charge >= 0.3 is 5.91 Å². The third-order valence-electron chi connectivity index (χ3n) is 3.90. The summed E-state index contributed by atoms with van der Waals surface area (Å²) < 4.78 is 0.539. The molecule has 1 aromatic carbocycles. The van der Waals surface area contributed by atoms with E-state index in [-0.39, 0.29) is 5.69 Å². The molecule has 0 aliphatic rings. The lowest BCUT2D eigenvalue weighted by atomic mass is 9.99. The van der Waals surface area contributed by atoms with E-state index >= 15 is 0 Å². The van der Waals surface area contributed by atoms with E-state index in [1.165, 1.54) is 34.7 Å². The Morgan fingerprint density at radius 1 is 1.17 bits per heavy atom. The first-order valence-electron chi connectivity index (χ1n) is 7.49. The molecule has 6 heteroatoms. The zero-order chi connectivity index (χ0) is 17.3. The van der Waals surface area contributed by atoms with Crippen molar-refractivity contribution in [2.75, 3.05) is 5.32 Å². The predicted molar refractivity (Wildman–Crippen MR) is 95.1 cm³/mol. The van der Waals surface area contributed by atoms with Crippen molar-refractivity contribution in [3.63, 3.8) is 0 Å². The van der Waals surface area contributed by atoms with Gasteiger partial charge in [-0.25, -0.2) is 4.98 Å². The quantitative estimate of drug-likeness (QED) is 0.585. The number of thiazole rings is 1. The zero-order valence-corrected chi connectivity index (χ0v) is 14.5. The van der Waals surface area contributed by atoms with Gasteiger partial charge in [0.2, 0.25) is 0 Å². The van der Waals surface area contributed by atoms with Crippen LogP contribution in [-0.4, -0.2) is 10.9 Å². The van der Waals surface area contributed by atoms with E-state index in [1.54, 1.807) is 12.1 Å². The van der Waals surface area contributed by atoms with Gasteiger partial charge < -0.3 is 5.21 Å². The van der Waals surface area contributed by atoms with Crippen molar-refractivity contribution in [2.45, 2.75) is 20.8 Å². The number of anilines is 1. The molecule has 0 unspecified atom stereocenters. The van der Waals surface area contributed by atoms with Crippen molar-refractivity contribution in [1.29, 1.82) is 0 Å². The van der Waals surface area contributed by atoms with Gasteiger partial charge in [0.25, 0.3) is 5.69 Å². The van der Waals surface area contributed by atoms with Crippen LogP contribution in [0.3, 0.4) is 0 Å². The highest BCUT2D eigenvalue weighted by Crippen LogP contribution is 2.29. The summed E-state index contributed by atoms with van der Waals surface area (Å²) in [6.07, 6.45) is 1.29. The molecule has 1 amide bonds. The minimum atomic E-state index is -0.469. The minimum Gasteiger partial charge on any atom is -0.618 e. The molecule has 0 radical (unpaired) electrons. The molecular formula is C18H17N3O2S. The molecule has 0 aliphatic heterocycles. The molecule has 0 saturated carbocycles. The summed E-state index contributed by atoms with van der Waals surface area (Å²) in [6, 6.07) is 8.94. The van der Waals surface area contributed by atoms with Crippen LogP contribution in [0.25, 0.3) is 11.3 Å². The SMILES string of the molecule is Cc1cc(C)c(-c2csc(NC(=O)c3cccc[n+]3[O-])n2)cc1C. The van der Waals surface area contributed by atoms with Crippen molar-refractivity contribution in [1.82, 2.24) is 4.98 Å². The standard InChI is InChI=1S/C18H17N3O2S/c1-11-8-13(3)14(9-12(11)2)15-10-24-18(19-15)20-17(22)16-6-4-5-7-21(16)23/h4-10H,1-3H3,(H,19,20,22). The van der Waals surface area contributed by atoms with E-state index < -0.39 is 5.91 Å². The number of hydrogen-bond acceptors (Lipinski definition) is 4. The van der Waals surface area contributed by atoms with Crippen LogP contribution in [0.5, 0.6) is 0 Å². The summed E-state index contributed by atoms with van der Waals surface area (Å²) in [5.74, 6) is -0.469. The molecule has 3 rings (SSSR count). The molecule has 0 spiro atoms. The summed E-state index contributed by atoms with van der Waals surface area (Å²) in [6.45, 7) is 6.19. The van der Waals surface area contributed by atoms with E-state index in [1.807, 2.05) is 12.3 Å². The Balaban J connectivity index is 1.85. The van der Waals surface area contributed by atoms with E-state index in [2.05, 4.69) is 36.3 Å². The van der Waals surface area contributed by atoms with Gasteiger partial charge in [-0.1, -0.05) is 6.07 Å². The summed E-state index contributed by atoms with van der Waals surface area (Å²) in [5, 5.41) is 16.7. The molecule has 2 aromatic heterocycles. The number of pyridine rings is 1. The van der Waals surface area contributed by atoms with E-state index in [9.17, 15) is 10.0 Å². The Kier molecular flexibility index (Phi) is 4.31. The Morgan fingerprint density at radius 2 is 1.92 bits per heavy atom. The lowest BCUT2D eigenvalue weighted by molar-refractivity contribution is -0.607. The largest absolute Gasteiger partial charge is 0.618 e. The number of hydrogen-bond donors (Lipinski definition) is 1. The number of carbonyl (C=O) groups excluding carboxylic acids is 1. The second kappa shape index (κ2) is 6.41. The molecule has 0 saturated heterocycles. The van der Waals surface area contributed by atoms with Crippen LogP contribution in [0.1, 0.15) is 27.2 Å². The number of benzene rings is 1. The first-order valence-corrected chi connectivity index (χ1v) is 8.37. The highest BCUT2D eigenvalue weighted by atomic mass is 32.1. The second-order valence-electron chi connectivity index (χ2n) is 5.66. The lowest BCUT2D eigenvalue weighted by Crippen LogP contribution is -2.36. The fourth-order valence-electron chi connectivity index (χ4n) is 2.46. The number of nitrogens with zero attached hydrogens (tertiary/aromatic N) is 2. The number of carbonyl (C=O) groups is 1. The lowest BCUT2D eigenvalue weighted by Gasteiger charge is -2.07. The van der Waals surface area contributed by atoms with E-state index in [0.29, 0.717) is 9.86 Å². The molecule has 5 nitrogen and oxygen atoms in total. The van der Waals surface area contributed by atoms with E-state index in [4.69, 9.17) is 0 Å². The maximum absolute atomic E-state index is 12.2. The number of amides is 1. The van der Waals surface area contributed by atoms with Crippen molar-refractivity contribution in [2.24, 2.45) is 0 Å². The molecule has 0 bridgehead atoms. The Bertz CT molecular complexity index is 918. The molecule has 24 heavy (non-hydrogen) atoms. The number of aromatic nitrogens is 2. The van der Waals surface area contributed by atoms with Crippen LogP contribution in [0, 0.1) is 26.0 Å². The van der Waals surface area contributed by atoms with Crippen LogP contribution in [-0.2, 0) is 0 Å². The van der Waals surface area contributed by atoms with Crippen molar-refractivity contribution >= 4 is 22.4 Å². The number of aryl methyl sites for hydroxylation is 3. The van der Waals surface area contributed by atoms with Crippen LogP contribution in [0.15, 0.2) is 41.9 Å². The van der Waals surface area contributed by atoms with Crippen LogP contribution < -0.4 is 10.0 Å². The second-order valence-corrected chi connectivity index (χ2v) is 6.51. The normalized spacial score (nSPS) is 10.6. The average Bonchev–Trinajstić information content (AvgIpc) is 2.99. The van der Waals surface area contributed by atoms with Gasteiger partial charge in [-0.3, -0.25) is 10.1 Å². The average molecular weight is 339 g/mol. The first-order chi connectivity index (χ1) is 11.5. The molecule has 1 N–H and O–H groups in total. The van der Waals surface area contributed by atoms with Gasteiger partial charge in [0, 0.05) is 23.1 Å². The van der Waals surface area contributed by atoms with Gasteiger partial charge in [-0.2, -0.15) is 4.73 Å². The number of nitrogens with one attached hydrogen (secondary N) is 1. The third kappa shape index (κ3) is 3.14. The van der Waals surface area contributed by atoms with Gasteiger partial charge in [-0.15, -0.1) is 11.3 Å². The summed E-state index contributed by atoms with van der Waals surface area (Å²) >= 11 is 1.34. The van der Waals surface area contributed by atoms with Crippen molar-refractivity contribution in [3.05, 3.63) is 69.5 Å². The van der Waals surface area contributed by atoms with Crippen molar-refractivity contribution in [3.8, 4) is 11.3 Å². The molecule has 3 aromatic rings. The fourth-order valence-corrected chi connectivity index (χ4v) is 3.16. The molecule has 122 valence electrons. The predicted octanol–water partition coefficient (Wildman–Crippen LogP) is 3.62. The third-order valence-corrected chi connectivity index (χ3v) is 4.66. The molecular weight excluding hydrogens is 322 g/mol. The molecule has 0 aliphatic carbocycles. The highest BCUT2D eigenvalue weighted by Gasteiger charge is 2.17. The van der Waals surface area contributed by atoms with Crippen LogP contribution in [0.2, 0.25) is 0 Å². The summed E-state index contributed by atoms with van der Waals surface area (Å²) in [4.78, 5) is 16.7. The summed E-state index contributed by atoms with van der Waals surface area (Å²) in [5.41, 5.74) is 5.49. The molecule has 2 heterocycles. The van der Waals surface area contributed by atoms with Crippen molar-refractivity contribution < 1.29 is 9.52 Å². The van der Waals surface area contributed by atoms with Crippen LogP contribution >= 0.6 is 11.3 Å². The Hall–Kier alpha value is -2.73. The van der Waals surface area contributed by atoms with Gasteiger partial charge in [0.05, 0.1) is 5.69 Å². The van der Waals surface area contributed by atoms with Gasteiger partial charge in [-0.05, 0) is 49.6 Å². The smallest absolute Gasteiger partial charge is 0.323 e. The highest BCUT2D eigenvalue weighted by molar-refractivity contribution is 7.14. The number of rotatable bonds is 3. The van der Waals surface area contributed by atoms with E-state index in [0.717, 1.165) is 16.8 Å². The zero-order valence-electron chi connectivity index (χ0n) is 13.7. The van der Waals surface area contributed by atoms with Gasteiger partial charge in [0.1, 0.15) is 0 Å². The molecule has 0 fully saturated rings. The maximum atomic E-state index is 12.2. The Labute approximate surface area is 144 Å². The topological polar surface area (TPSA) is 68.9 Å². The fraction of sp³-hybridized carbons (Fsp3) is 0.167. The Morgan fingerprint density at radius 3 is 2.67 bits per heavy atom. The summed E-state index contributed by atoms with van der Waals surface area (Å²) in [7, 11) is 0. The van der Waals surface area contributed by atoms with Gasteiger partial charge in [0.15, 0.2) is 11.3 Å². The first kappa shape index (κ1) is 16.1. The monoisotopic (exact) mass is 339 g/mol. The maximum Gasteiger partial charge on any atom is 0.323 e. The minimum absolute atomic E-state index is 0.0385. The van der Waals surface area contributed by atoms with Crippen LogP contribution in [0.4, 0.5) is 5.13 Å². The molecule has 0 atom stereocenters.